The van der Waals surface area contributed by atoms with Crippen molar-refractivity contribution in [2.75, 3.05) is 11.4 Å². The number of para-hydroxylation sites is 2. The number of rotatable bonds is 3. The fourth-order valence-corrected chi connectivity index (χ4v) is 4.02. The smallest absolute Gasteiger partial charge is 0.267 e. The molecular formula is C24H21NO3. The summed E-state index contributed by atoms with van der Waals surface area (Å²) in [6.45, 7) is 2.55. The zero-order valence-electron chi connectivity index (χ0n) is 15.7. The minimum atomic E-state index is -0.568. The minimum absolute atomic E-state index is 0.00991. The molecule has 0 saturated carbocycles. The lowest BCUT2D eigenvalue weighted by Gasteiger charge is -2.31. The predicted octanol–water partition coefficient (Wildman–Crippen LogP) is 5.33. The molecule has 28 heavy (non-hydrogen) atoms. The molecule has 4 heteroatoms. The molecule has 4 nitrogen and oxygen atoms in total. The molecule has 0 saturated heterocycles. The molecule has 0 spiro atoms. The number of fused-ring (bicyclic) bond motifs is 4. The highest BCUT2D eigenvalue weighted by molar-refractivity contribution is 6.05. The van der Waals surface area contributed by atoms with E-state index >= 15 is 0 Å². The van der Waals surface area contributed by atoms with Crippen molar-refractivity contribution in [2.24, 2.45) is 0 Å². The van der Waals surface area contributed by atoms with Gasteiger partial charge in [-0.25, -0.2) is 0 Å². The van der Waals surface area contributed by atoms with E-state index in [1.54, 1.807) is 0 Å². The monoisotopic (exact) mass is 371 g/mol. The van der Waals surface area contributed by atoms with Crippen LogP contribution in [0.4, 0.5) is 5.69 Å². The van der Waals surface area contributed by atoms with E-state index in [0.29, 0.717) is 5.75 Å². The number of hydrogen-bond acceptors (Lipinski definition) is 3. The third kappa shape index (κ3) is 2.82. The second-order valence-electron chi connectivity index (χ2n) is 7.24. The summed E-state index contributed by atoms with van der Waals surface area (Å²) in [5.74, 6) is 0.662. The van der Waals surface area contributed by atoms with Gasteiger partial charge < -0.3 is 14.1 Å². The molecule has 1 atom stereocenters. The topological polar surface area (TPSA) is 42.7 Å². The Morgan fingerprint density at radius 1 is 1.00 bits per heavy atom. The van der Waals surface area contributed by atoms with Crippen molar-refractivity contribution in [3.05, 3.63) is 72.3 Å². The highest BCUT2D eigenvalue weighted by atomic mass is 16.5. The standard InChI is InChI=1S/C24H21NO3/c1-16(24(26)25-14-6-8-17-7-2-4-10-21(17)25)27-18-12-13-23-20(15-18)19-9-3-5-11-22(19)28-23/h2-5,7,9-13,15-16H,6,8,14H2,1H3/t16-/m0/s1. The molecule has 0 fully saturated rings. The van der Waals surface area contributed by atoms with Crippen LogP contribution in [0.15, 0.2) is 71.1 Å². The summed E-state index contributed by atoms with van der Waals surface area (Å²) < 4.78 is 11.9. The van der Waals surface area contributed by atoms with Crippen LogP contribution in [-0.4, -0.2) is 18.6 Å². The van der Waals surface area contributed by atoms with E-state index in [1.807, 2.05) is 72.5 Å². The van der Waals surface area contributed by atoms with Gasteiger partial charge in [0.25, 0.3) is 5.91 Å². The van der Waals surface area contributed by atoms with Crippen LogP contribution < -0.4 is 9.64 Å². The first kappa shape index (κ1) is 16.9. The summed E-state index contributed by atoms with van der Waals surface area (Å²) in [6.07, 6.45) is 1.42. The van der Waals surface area contributed by atoms with Gasteiger partial charge >= 0.3 is 0 Å². The summed E-state index contributed by atoms with van der Waals surface area (Å²) >= 11 is 0. The Labute approximate surface area is 163 Å². The normalized spacial score (nSPS) is 14.8. The van der Waals surface area contributed by atoms with E-state index in [0.717, 1.165) is 47.0 Å². The van der Waals surface area contributed by atoms with Crippen molar-refractivity contribution in [3.63, 3.8) is 0 Å². The fourth-order valence-electron chi connectivity index (χ4n) is 4.02. The number of furan rings is 1. The molecule has 1 aromatic heterocycles. The van der Waals surface area contributed by atoms with Gasteiger partial charge in [-0.05, 0) is 55.7 Å². The molecule has 0 bridgehead atoms. The number of benzene rings is 3. The number of amides is 1. The molecule has 0 radical (unpaired) electrons. The Bertz CT molecular complexity index is 1180. The minimum Gasteiger partial charge on any atom is -0.481 e. The van der Waals surface area contributed by atoms with E-state index in [9.17, 15) is 4.79 Å². The van der Waals surface area contributed by atoms with Crippen molar-refractivity contribution >= 4 is 33.5 Å². The van der Waals surface area contributed by atoms with Gasteiger partial charge in [0.05, 0.1) is 0 Å². The van der Waals surface area contributed by atoms with Crippen molar-refractivity contribution in [1.82, 2.24) is 0 Å². The molecule has 1 aliphatic heterocycles. The van der Waals surface area contributed by atoms with Gasteiger partial charge in [0, 0.05) is 23.0 Å². The summed E-state index contributed by atoms with van der Waals surface area (Å²) in [7, 11) is 0. The van der Waals surface area contributed by atoms with Gasteiger partial charge in [-0.15, -0.1) is 0 Å². The fraction of sp³-hybridized carbons (Fsp3) is 0.208. The molecule has 0 N–H and O–H groups in total. The first-order chi connectivity index (χ1) is 13.7. The summed E-state index contributed by atoms with van der Waals surface area (Å²) in [5, 5.41) is 2.04. The van der Waals surface area contributed by atoms with Crippen LogP contribution in [0.25, 0.3) is 21.9 Å². The average molecular weight is 371 g/mol. The van der Waals surface area contributed by atoms with E-state index in [2.05, 4.69) is 6.07 Å². The predicted molar refractivity (Wildman–Crippen MR) is 111 cm³/mol. The second-order valence-corrected chi connectivity index (χ2v) is 7.24. The zero-order valence-corrected chi connectivity index (χ0v) is 15.7. The van der Waals surface area contributed by atoms with Crippen LogP contribution in [0.1, 0.15) is 18.9 Å². The number of aryl methyl sites for hydroxylation is 1. The maximum atomic E-state index is 13.1. The largest absolute Gasteiger partial charge is 0.481 e. The van der Waals surface area contributed by atoms with E-state index in [1.165, 1.54) is 5.56 Å². The SMILES string of the molecule is C[C@H](Oc1ccc2oc3ccccc3c2c1)C(=O)N1CCCc2ccccc21. The number of carbonyl (C=O) groups is 1. The Hall–Kier alpha value is -3.27. The van der Waals surface area contributed by atoms with Gasteiger partial charge in [-0.2, -0.15) is 0 Å². The maximum absolute atomic E-state index is 13.1. The first-order valence-electron chi connectivity index (χ1n) is 9.68. The van der Waals surface area contributed by atoms with Crippen LogP contribution in [0.2, 0.25) is 0 Å². The maximum Gasteiger partial charge on any atom is 0.267 e. The molecule has 5 rings (SSSR count). The average Bonchev–Trinajstić information content (AvgIpc) is 3.11. The number of ether oxygens (including phenoxy) is 1. The lowest BCUT2D eigenvalue weighted by atomic mass is 10.0. The summed E-state index contributed by atoms with van der Waals surface area (Å²) in [4.78, 5) is 14.9. The first-order valence-corrected chi connectivity index (χ1v) is 9.68. The van der Waals surface area contributed by atoms with Crippen molar-refractivity contribution in [1.29, 1.82) is 0 Å². The number of anilines is 1. The van der Waals surface area contributed by atoms with Crippen LogP contribution in [0.3, 0.4) is 0 Å². The summed E-state index contributed by atoms with van der Waals surface area (Å²) in [5.41, 5.74) is 3.90. The molecule has 2 heterocycles. The van der Waals surface area contributed by atoms with E-state index in [-0.39, 0.29) is 5.91 Å². The van der Waals surface area contributed by atoms with Gasteiger partial charge in [0.1, 0.15) is 16.9 Å². The van der Waals surface area contributed by atoms with Gasteiger partial charge in [0.15, 0.2) is 6.10 Å². The highest BCUT2D eigenvalue weighted by Crippen LogP contribution is 2.32. The highest BCUT2D eigenvalue weighted by Gasteiger charge is 2.27. The Morgan fingerprint density at radius 2 is 1.79 bits per heavy atom. The Kier molecular flexibility index (Phi) is 4.05. The Morgan fingerprint density at radius 3 is 2.71 bits per heavy atom. The number of hydrogen-bond donors (Lipinski definition) is 0. The molecule has 4 aromatic rings. The van der Waals surface area contributed by atoms with Crippen LogP contribution in [0.5, 0.6) is 5.75 Å². The van der Waals surface area contributed by atoms with Crippen LogP contribution in [0, 0.1) is 0 Å². The molecular weight excluding hydrogens is 350 g/mol. The third-order valence-corrected chi connectivity index (χ3v) is 5.39. The van der Waals surface area contributed by atoms with Crippen LogP contribution in [-0.2, 0) is 11.2 Å². The quantitative estimate of drug-likeness (QED) is 0.489. The Balaban J connectivity index is 1.42. The van der Waals surface area contributed by atoms with Crippen molar-refractivity contribution in [3.8, 4) is 5.75 Å². The van der Waals surface area contributed by atoms with Crippen molar-refractivity contribution < 1.29 is 13.9 Å². The molecule has 1 amide bonds. The summed E-state index contributed by atoms with van der Waals surface area (Å²) in [6, 6.07) is 21.8. The molecule has 140 valence electrons. The van der Waals surface area contributed by atoms with Gasteiger partial charge in [-0.3, -0.25) is 4.79 Å². The van der Waals surface area contributed by atoms with Crippen molar-refractivity contribution in [2.45, 2.75) is 25.9 Å². The lowest BCUT2D eigenvalue weighted by Crippen LogP contribution is -2.43. The van der Waals surface area contributed by atoms with Crippen LogP contribution >= 0.6 is 0 Å². The number of nitrogens with zero attached hydrogens (tertiary/aromatic N) is 1. The third-order valence-electron chi connectivity index (χ3n) is 5.39. The van der Waals surface area contributed by atoms with E-state index in [4.69, 9.17) is 9.15 Å². The van der Waals surface area contributed by atoms with Gasteiger partial charge in [0.2, 0.25) is 0 Å². The molecule has 3 aromatic carbocycles. The molecule has 1 aliphatic rings. The second kappa shape index (κ2) is 6.71. The van der Waals surface area contributed by atoms with Gasteiger partial charge in [-0.1, -0.05) is 36.4 Å². The zero-order chi connectivity index (χ0) is 19.1. The molecule has 0 unspecified atom stereocenters. The van der Waals surface area contributed by atoms with E-state index < -0.39 is 6.10 Å². The number of carbonyl (C=O) groups excluding carboxylic acids is 1. The lowest BCUT2D eigenvalue weighted by molar-refractivity contribution is -0.124. The molecule has 0 aliphatic carbocycles.